The zero-order chi connectivity index (χ0) is 18.1. The SMILES string of the molecule is CCOC(=O)[C@@H]1CCCN(CN2C(=O)c3cc(Cl)c(Cl)cc3C2=O)C1. The summed E-state index contributed by atoms with van der Waals surface area (Å²) in [6.45, 7) is 3.43. The van der Waals surface area contributed by atoms with Gasteiger partial charge in [0.2, 0.25) is 0 Å². The molecule has 134 valence electrons. The van der Waals surface area contributed by atoms with E-state index in [2.05, 4.69) is 0 Å². The monoisotopic (exact) mass is 384 g/mol. The molecule has 2 heterocycles. The fraction of sp³-hybridized carbons (Fsp3) is 0.471. The molecule has 2 aliphatic rings. The normalized spacial score (nSPS) is 20.8. The number of rotatable bonds is 4. The highest BCUT2D eigenvalue weighted by Crippen LogP contribution is 2.32. The summed E-state index contributed by atoms with van der Waals surface area (Å²) in [5.74, 6) is -1.24. The average Bonchev–Trinajstić information content (AvgIpc) is 2.81. The topological polar surface area (TPSA) is 66.9 Å². The zero-order valence-corrected chi connectivity index (χ0v) is 15.3. The smallest absolute Gasteiger partial charge is 0.310 e. The van der Waals surface area contributed by atoms with Crippen molar-refractivity contribution >= 4 is 41.0 Å². The van der Waals surface area contributed by atoms with E-state index < -0.39 is 11.8 Å². The number of halogens is 2. The van der Waals surface area contributed by atoms with Crippen molar-refractivity contribution < 1.29 is 19.1 Å². The van der Waals surface area contributed by atoms with Crippen LogP contribution >= 0.6 is 23.2 Å². The summed E-state index contributed by atoms with van der Waals surface area (Å²) >= 11 is 11.9. The molecule has 8 heteroatoms. The molecule has 1 aromatic rings. The van der Waals surface area contributed by atoms with Crippen LogP contribution in [0.25, 0.3) is 0 Å². The van der Waals surface area contributed by atoms with Gasteiger partial charge in [0.25, 0.3) is 11.8 Å². The van der Waals surface area contributed by atoms with Crippen LogP contribution in [0.1, 0.15) is 40.5 Å². The van der Waals surface area contributed by atoms with E-state index in [1.54, 1.807) is 6.92 Å². The summed E-state index contributed by atoms with van der Waals surface area (Å²) in [6.07, 6.45) is 1.56. The van der Waals surface area contributed by atoms with Gasteiger partial charge in [0, 0.05) is 6.54 Å². The van der Waals surface area contributed by atoms with Crippen LogP contribution in [0, 0.1) is 5.92 Å². The van der Waals surface area contributed by atoms with Crippen molar-refractivity contribution in [1.29, 1.82) is 0 Å². The fourth-order valence-electron chi connectivity index (χ4n) is 3.25. The van der Waals surface area contributed by atoms with Gasteiger partial charge < -0.3 is 4.74 Å². The number of ether oxygens (including phenoxy) is 1. The van der Waals surface area contributed by atoms with Crippen LogP contribution in [0.4, 0.5) is 0 Å². The molecule has 2 amide bonds. The number of likely N-dealkylation sites (tertiary alicyclic amines) is 1. The summed E-state index contributed by atoms with van der Waals surface area (Å²) in [7, 11) is 0. The Morgan fingerprint density at radius 1 is 1.20 bits per heavy atom. The number of hydrogen-bond donors (Lipinski definition) is 0. The third kappa shape index (κ3) is 3.52. The van der Waals surface area contributed by atoms with E-state index >= 15 is 0 Å². The third-order valence-electron chi connectivity index (χ3n) is 4.48. The Bertz CT molecular complexity index is 697. The minimum Gasteiger partial charge on any atom is -0.466 e. The van der Waals surface area contributed by atoms with E-state index in [1.165, 1.54) is 17.0 Å². The molecular weight excluding hydrogens is 367 g/mol. The van der Waals surface area contributed by atoms with Gasteiger partial charge in [-0.1, -0.05) is 23.2 Å². The second kappa shape index (κ2) is 7.32. The van der Waals surface area contributed by atoms with Crippen LogP contribution in [0.5, 0.6) is 0 Å². The maximum Gasteiger partial charge on any atom is 0.310 e. The van der Waals surface area contributed by atoms with Crippen LogP contribution in [-0.2, 0) is 9.53 Å². The van der Waals surface area contributed by atoms with E-state index in [-0.39, 0.29) is 39.7 Å². The van der Waals surface area contributed by atoms with Gasteiger partial charge in [-0.15, -0.1) is 0 Å². The molecule has 1 fully saturated rings. The van der Waals surface area contributed by atoms with Gasteiger partial charge in [-0.3, -0.25) is 24.2 Å². The quantitative estimate of drug-likeness (QED) is 0.589. The molecule has 25 heavy (non-hydrogen) atoms. The van der Waals surface area contributed by atoms with E-state index in [0.717, 1.165) is 12.8 Å². The van der Waals surface area contributed by atoms with Gasteiger partial charge in [-0.25, -0.2) is 0 Å². The van der Waals surface area contributed by atoms with Crippen molar-refractivity contribution in [2.75, 3.05) is 26.4 Å². The fourth-order valence-corrected chi connectivity index (χ4v) is 3.58. The number of piperidine rings is 1. The van der Waals surface area contributed by atoms with Crippen molar-refractivity contribution in [2.45, 2.75) is 19.8 Å². The molecule has 0 N–H and O–H groups in total. The third-order valence-corrected chi connectivity index (χ3v) is 5.20. The van der Waals surface area contributed by atoms with Crippen LogP contribution in [-0.4, -0.2) is 53.9 Å². The minimum absolute atomic E-state index is 0.136. The van der Waals surface area contributed by atoms with Gasteiger partial charge in [0.1, 0.15) is 0 Å². The highest BCUT2D eigenvalue weighted by Gasteiger charge is 2.38. The van der Waals surface area contributed by atoms with Gasteiger partial charge in [-0.05, 0) is 38.4 Å². The predicted octanol–water partition coefficient (Wildman–Crippen LogP) is 2.82. The summed E-state index contributed by atoms with van der Waals surface area (Å²) in [5, 5.41) is 0.479. The standard InChI is InChI=1S/C17H18Cl2N2O4/c1-2-25-17(24)10-4-3-5-20(8-10)9-21-15(22)11-6-13(18)14(19)7-12(11)16(21)23/h6-7,10H,2-5,8-9H2,1H3/t10-/m1/s1. The number of carbonyl (C=O) groups is 3. The van der Waals surface area contributed by atoms with Gasteiger partial charge in [-0.2, -0.15) is 0 Å². The van der Waals surface area contributed by atoms with Crippen molar-refractivity contribution in [2.24, 2.45) is 5.92 Å². The zero-order valence-electron chi connectivity index (χ0n) is 13.8. The predicted molar refractivity (Wildman–Crippen MR) is 92.8 cm³/mol. The lowest BCUT2D eigenvalue weighted by Crippen LogP contribution is -2.47. The van der Waals surface area contributed by atoms with E-state index in [9.17, 15) is 14.4 Å². The Hall–Kier alpha value is -1.63. The highest BCUT2D eigenvalue weighted by atomic mass is 35.5. The first-order valence-corrected chi connectivity index (χ1v) is 8.92. The molecule has 0 radical (unpaired) electrons. The number of hydrogen-bond acceptors (Lipinski definition) is 5. The number of benzene rings is 1. The Labute approximate surface area is 155 Å². The van der Waals surface area contributed by atoms with E-state index in [4.69, 9.17) is 27.9 Å². The second-order valence-corrected chi connectivity index (χ2v) is 6.97. The van der Waals surface area contributed by atoms with Gasteiger partial charge in [0.15, 0.2) is 0 Å². The largest absolute Gasteiger partial charge is 0.466 e. The Morgan fingerprint density at radius 3 is 2.36 bits per heavy atom. The summed E-state index contributed by atoms with van der Waals surface area (Å²) in [5.41, 5.74) is 0.525. The number of nitrogens with zero attached hydrogens (tertiary/aromatic N) is 2. The number of esters is 1. The lowest BCUT2D eigenvalue weighted by atomic mass is 9.98. The van der Waals surface area contributed by atoms with Crippen molar-refractivity contribution in [3.05, 3.63) is 33.3 Å². The molecule has 0 aliphatic carbocycles. The summed E-state index contributed by atoms with van der Waals surface area (Å²) in [6, 6.07) is 2.86. The molecule has 0 aromatic heterocycles. The minimum atomic E-state index is -0.392. The van der Waals surface area contributed by atoms with Gasteiger partial charge >= 0.3 is 5.97 Å². The summed E-state index contributed by atoms with van der Waals surface area (Å²) < 4.78 is 5.08. The molecule has 0 spiro atoms. The van der Waals surface area contributed by atoms with E-state index in [0.29, 0.717) is 19.7 Å². The molecule has 1 aromatic carbocycles. The molecule has 2 aliphatic heterocycles. The Balaban J connectivity index is 1.72. The first kappa shape index (κ1) is 18.2. The summed E-state index contributed by atoms with van der Waals surface area (Å²) in [4.78, 5) is 40.1. The molecule has 0 bridgehead atoms. The van der Waals surface area contributed by atoms with Crippen molar-refractivity contribution in [3.63, 3.8) is 0 Å². The average molecular weight is 385 g/mol. The molecule has 0 unspecified atom stereocenters. The molecule has 1 saturated heterocycles. The second-order valence-electron chi connectivity index (χ2n) is 6.16. The maximum atomic E-state index is 12.5. The van der Waals surface area contributed by atoms with E-state index in [1.807, 2.05) is 4.90 Å². The van der Waals surface area contributed by atoms with Crippen LogP contribution in [0.2, 0.25) is 10.0 Å². The molecule has 0 saturated carbocycles. The first-order valence-electron chi connectivity index (χ1n) is 8.16. The lowest BCUT2D eigenvalue weighted by molar-refractivity contribution is -0.150. The number of amides is 2. The number of carbonyl (C=O) groups excluding carboxylic acids is 3. The van der Waals surface area contributed by atoms with Crippen molar-refractivity contribution in [3.8, 4) is 0 Å². The molecule has 6 nitrogen and oxygen atoms in total. The molecule has 3 rings (SSSR count). The molecular formula is C17H18Cl2N2O4. The van der Waals surface area contributed by atoms with Crippen LogP contribution in [0.15, 0.2) is 12.1 Å². The molecule has 1 atom stereocenters. The Kier molecular flexibility index (Phi) is 5.32. The van der Waals surface area contributed by atoms with Crippen molar-refractivity contribution in [1.82, 2.24) is 9.80 Å². The van der Waals surface area contributed by atoms with Crippen LogP contribution < -0.4 is 0 Å². The number of fused-ring (bicyclic) bond motifs is 1. The van der Waals surface area contributed by atoms with Gasteiger partial charge in [0.05, 0.1) is 40.4 Å². The van der Waals surface area contributed by atoms with Crippen LogP contribution in [0.3, 0.4) is 0 Å². The first-order chi connectivity index (χ1) is 11.9. The highest BCUT2D eigenvalue weighted by molar-refractivity contribution is 6.43. The Morgan fingerprint density at radius 2 is 1.80 bits per heavy atom. The number of imide groups is 1. The maximum absolute atomic E-state index is 12.5. The lowest BCUT2D eigenvalue weighted by Gasteiger charge is -2.33.